The van der Waals surface area contributed by atoms with Crippen molar-refractivity contribution in [3.63, 3.8) is 0 Å². The van der Waals surface area contributed by atoms with Gasteiger partial charge >= 0.3 is 0 Å². The van der Waals surface area contributed by atoms with Gasteiger partial charge in [-0.05, 0) is 62.5 Å². The highest BCUT2D eigenvalue weighted by atomic mass is 32.2. The molecular formula is C23H29N3O2S. The molecular weight excluding hydrogens is 382 g/mol. The van der Waals surface area contributed by atoms with Crippen molar-refractivity contribution in [2.75, 3.05) is 6.26 Å². The van der Waals surface area contributed by atoms with Gasteiger partial charge in [0, 0.05) is 35.5 Å². The molecule has 5 rings (SSSR count). The molecule has 3 fully saturated rings. The molecule has 0 amide bonds. The van der Waals surface area contributed by atoms with Crippen molar-refractivity contribution in [3.8, 4) is 0 Å². The van der Waals surface area contributed by atoms with Gasteiger partial charge in [-0.3, -0.25) is 9.69 Å². The van der Waals surface area contributed by atoms with Crippen LogP contribution in [0.4, 0.5) is 0 Å². The Hall–Kier alpha value is -1.63. The number of nitrogens with zero attached hydrogens (tertiary/aromatic N) is 3. The first-order valence-corrected chi connectivity index (χ1v) is 12.0. The minimum absolute atomic E-state index is 0.105. The van der Waals surface area contributed by atoms with E-state index in [0.29, 0.717) is 37.4 Å². The molecule has 29 heavy (non-hydrogen) atoms. The van der Waals surface area contributed by atoms with Crippen molar-refractivity contribution in [1.29, 1.82) is 0 Å². The van der Waals surface area contributed by atoms with Crippen LogP contribution in [-0.4, -0.2) is 43.7 Å². The molecule has 1 aliphatic carbocycles. The second-order valence-electron chi connectivity index (χ2n) is 9.03. The topological polar surface area (TPSA) is 58.4 Å². The highest BCUT2D eigenvalue weighted by Gasteiger charge is 2.47. The fourth-order valence-electron chi connectivity index (χ4n) is 5.28. The third-order valence-electron chi connectivity index (χ3n) is 6.87. The Morgan fingerprint density at radius 2 is 1.83 bits per heavy atom. The number of fused-ring (bicyclic) bond motifs is 2. The van der Waals surface area contributed by atoms with Crippen LogP contribution in [0.15, 0.2) is 46.1 Å². The van der Waals surface area contributed by atoms with Crippen LogP contribution in [0.5, 0.6) is 0 Å². The van der Waals surface area contributed by atoms with Crippen LogP contribution in [-0.2, 0) is 13.1 Å². The van der Waals surface area contributed by atoms with Gasteiger partial charge in [0.2, 0.25) is 0 Å². The van der Waals surface area contributed by atoms with Gasteiger partial charge in [-0.15, -0.1) is 11.8 Å². The standard InChI is InChI=1S/C23H29N3O2S/c1-29-21-5-3-2-4-17(21)14-25-18-8-9-19(25)13-23(28,12-18)15-26-22(27)11-10-20(24-26)16-6-7-16/h2-5,10-11,16,18-19,28H,6-9,12-15H2,1H3. The first-order chi connectivity index (χ1) is 14.0. The predicted octanol–water partition coefficient (Wildman–Crippen LogP) is 3.40. The number of benzene rings is 1. The summed E-state index contributed by atoms with van der Waals surface area (Å²) < 4.78 is 1.52. The number of piperidine rings is 1. The summed E-state index contributed by atoms with van der Waals surface area (Å²) in [6.45, 7) is 1.26. The number of rotatable bonds is 6. The Morgan fingerprint density at radius 1 is 1.10 bits per heavy atom. The Labute approximate surface area is 176 Å². The van der Waals surface area contributed by atoms with Crippen LogP contribution >= 0.6 is 11.8 Å². The first-order valence-electron chi connectivity index (χ1n) is 10.7. The highest BCUT2D eigenvalue weighted by Crippen LogP contribution is 2.43. The minimum Gasteiger partial charge on any atom is -0.388 e. The third kappa shape index (κ3) is 3.90. The Bertz CT molecular complexity index is 941. The van der Waals surface area contributed by atoms with Crippen molar-refractivity contribution in [2.24, 2.45) is 0 Å². The fourth-order valence-corrected chi connectivity index (χ4v) is 5.89. The van der Waals surface area contributed by atoms with Gasteiger partial charge in [0.15, 0.2) is 0 Å². The lowest BCUT2D eigenvalue weighted by molar-refractivity contribution is -0.0679. The maximum Gasteiger partial charge on any atom is 0.266 e. The van der Waals surface area contributed by atoms with Crippen molar-refractivity contribution < 1.29 is 5.11 Å². The summed E-state index contributed by atoms with van der Waals surface area (Å²) in [6, 6.07) is 12.8. The molecule has 3 heterocycles. The summed E-state index contributed by atoms with van der Waals surface area (Å²) in [5.74, 6) is 0.506. The molecule has 1 saturated carbocycles. The predicted molar refractivity (Wildman–Crippen MR) is 115 cm³/mol. The van der Waals surface area contributed by atoms with Gasteiger partial charge < -0.3 is 5.11 Å². The summed E-state index contributed by atoms with van der Waals surface area (Å²) in [6.07, 6.45) is 8.12. The van der Waals surface area contributed by atoms with E-state index in [1.807, 2.05) is 6.07 Å². The van der Waals surface area contributed by atoms with Crippen LogP contribution < -0.4 is 5.56 Å². The van der Waals surface area contributed by atoms with Gasteiger partial charge in [-0.1, -0.05) is 18.2 Å². The zero-order valence-electron chi connectivity index (χ0n) is 17.0. The SMILES string of the molecule is CSc1ccccc1CN1C2CCC1CC(O)(Cn1nc(C3CC3)ccc1=O)C2. The molecule has 2 aromatic rings. The van der Waals surface area contributed by atoms with E-state index < -0.39 is 5.60 Å². The lowest BCUT2D eigenvalue weighted by Crippen LogP contribution is -2.53. The normalized spacial score (nSPS) is 29.3. The summed E-state index contributed by atoms with van der Waals surface area (Å²) >= 11 is 1.80. The zero-order chi connectivity index (χ0) is 20.0. The van der Waals surface area contributed by atoms with Crippen molar-refractivity contribution in [2.45, 2.75) is 80.1 Å². The average molecular weight is 412 g/mol. The zero-order valence-corrected chi connectivity index (χ0v) is 17.8. The summed E-state index contributed by atoms with van der Waals surface area (Å²) in [5, 5.41) is 16.0. The summed E-state index contributed by atoms with van der Waals surface area (Å²) in [7, 11) is 0. The smallest absolute Gasteiger partial charge is 0.266 e. The van der Waals surface area contributed by atoms with Crippen molar-refractivity contribution >= 4 is 11.8 Å². The molecule has 2 bridgehead atoms. The second kappa shape index (κ2) is 7.56. The molecule has 2 unspecified atom stereocenters. The molecule has 0 radical (unpaired) electrons. The molecule has 0 spiro atoms. The van der Waals surface area contributed by atoms with Crippen LogP contribution in [0.3, 0.4) is 0 Å². The van der Waals surface area contributed by atoms with E-state index in [-0.39, 0.29) is 5.56 Å². The molecule has 1 aromatic carbocycles. The van der Waals surface area contributed by atoms with Gasteiger partial charge in [0.05, 0.1) is 17.8 Å². The monoisotopic (exact) mass is 411 g/mol. The van der Waals surface area contributed by atoms with E-state index in [0.717, 1.165) is 37.9 Å². The van der Waals surface area contributed by atoms with Crippen LogP contribution in [0.1, 0.15) is 55.7 Å². The Morgan fingerprint density at radius 3 is 2.52 bits per heavy atom. The minimum atomic E-state index is -0.847. The number of hydrogen-bond donors (Lipinski definition) is 1. The highest BCUT2D eigenvalue weighted by molar-refractivity contribution is 7.98. The quantitative estimate of drug-likeness (QED) is 0.739. The Kier molecular flexibility index (Phi) is 5.04. The molecule has 1 N–H and O–H groups in total. The van der Waals surface area contributed by atoms with E-state index in [9.17, 15) is 9.90 Å². The lowest BCUT2D eigenvalue weighted by Gasteiger charge is -2.44. The maximum absolute atomic E-state index is 12.4. The van der Waals surface area contributed by atoms with E-state index >= 15 is 0 Å². The van der Waals surface area contributed by atoms with Gasteiger partial charge in [0.1, 0.15) is 0 Å². The molecule has 2 saturated heterocycles. The number of thioether (sulfide) groups is 1. The molecule has 3 aliphatic rings. The second-order valence-corrected chi connectivity index (χ2v) is 9.88. The average Bonchev–Trinajstić information content (AvgIpc) is 3.52. The molecule has 6 heteroatoms. The third-order valence-corrected chi connectivity index (χ3v) is 7.71. The molecule has 2 atom stereocenters. The van der Waals surface area contributed by atoms with Crippen molar-refractivity contribution in [3.05, 3.63) is 58.0 Å². The molecule has 1 aromatic heterocycles. The van der Waals surface area contributed by atoms with E-state index in [4.69, 9.17) is 0 Å². The first kappa shape index (κ1) is 19.3. The fraction of sp³-hybridized carbons (Fsp3) is 0.565. The summed E-state index contributed by atoms with van der Waals surface area (Å²) in [4.78, 5) is 16.3. The molecule has 5 nitrogen and oxygen atoms in total. The van der Waals surface area contributed by atoms with Crippen LogP contribution in [0, 0.1) is 0 Å². The van der Waals surface area contributed by atoms with Gasteiger partial charge in [-0.25, -0.2) is 4.68 Å². The maximum atomic E-state index is 12.4. The van der Waals surface area contributed by atoms with Crippen LogP contribution in [0.25, 0.3) is 0 Å². The number of aromatic nitrogens is 2. The number of hydrogen-bond acceptors (Lipinski definition) is 5. The summed E-state index contributed by atoms with van der Waals surface area (Å²) in [5.41, 5.74) is 1.42. The largest absolute Gasteiger partial charge is 0.388 e. The molecule has 154 valence electrons. The van der Waals surface area contributed by atoms with Gasteiger partial charge in [0.25, 0.3) is 5.56 Å². The number of aliphatic hydroxyl groups is 1. The van der Waals surface area contributed by atoms with Crippen LogP contribution in [0.2, 0.25) is 0 Å². The Balaban J connectivity index is 1.33. The van der Waals surface area contributed by atoms with E-state index in [1.165, 1.54) is 15.1 Å². The lowest BCUT2D eigenvalue weighted by atomic mass is 9.85. The van der Waals surface area contributed by atoms with Crippen molar-refractivity contribution in [1.82, 2.24) is 14.7 Å². The van der Waals surface area contributed by atoms with E-state index in [1.54, 1.807) is 17.8 Å². The van der Waals surface area contributed by atoms with Gasteiger partial charge in [-0.2, -0.15) is 5.10 Å². The van der Waals surface area contributed by atoms with E-state index in [2.05, 4.69) is 40.5 Å². The molecule has 2 aliphatic heterocycles.